The van der Waals surface area contributed by atoms with Gasteiger partial charge in [-0.15, -0.1) is 0 Å². The Morgan fingerprint density at radius 2 is 1.73 bits per heavy atom. The minimum Gasteiger partial charge on any atom is -0.380 e. The molecule has 0 heterocycles. The van der Waals surface area contributed by atoms with Gasteiger partial charge in [0.1, 0.15) is 0 Å². The van der Waals surface area contributed by atoms with Crippen LogP contribution in [0.25, 0.3) is 0 Å². The molecular weight excluding hydrogens is 186 g/mol. The van der Waals surface area contributed by atoms with E-state index in [1.165, 1.54) is 12.8 Å². The van der Waals surface area contributed by atoms with Gasteiger partial charge in [0, 0.05) is 13.2 Å². The van der Waals surface area contributed by atoms with E-state index in [9.17, 15) is 0 Å². The summed E-state index contributed by atoms with van der Waals surface area (Å²) in [5.41, 5.74) is 0.407. The van der Waals surface area contributed by atoms with E-state index in [-0.39, 0.29) is 0 Å². The number of hydrogen-bond acceptors (Lipinski definition) is 2. The van der Waals surface area contributed by atoms with Crippen LogP contribution in [0.1, 0.15) is 47.5 Å². The van der Waals surface area contributed by atoms with Crippen LogP contribution in [0.15, 0.2) is 0 Å². The van der Waals surface area contributed by atoms with Crippen molar-refractivity contribution in [1.29, 1.82) is 0 Å². The Morgan fingerprint density at radius 3 is 2.00 bits per heavy atom. The lowest BCUT2D eigenvalue weighted by Crippen LogP contribution is -2.42. The highest BCUT2D eigenvalue weighted by Gasteiger charge is 2.24. The van der Waals surface area contributed by atoms with E-state index in [1.807, 2.05) is 14.2 Å². The smallest absolute Gasteiger partial charge is 0.0746 e. The van der Waals surface area contributed by atoms with Crippen LogP contribution in [-0.2, 0) is 4.74 Å². The molecule has 0 aliphatic rings. The highest BCUT2D eigenvalue weighted by Crippen LogP contribution is 2.24. The highest BCUT2D eigenvalue weighted by molar-refractivity contribution is 4.80. The van der Waals surface area contributed by atoms with Gasteiger partial charge >= 0.3 is 0 Å². The largest absolute Gasteiger partial charge is 0.380 e. The molecule has 1 N–H and O–H groups in total. The third kappa shape index (κ3) is 6.16. The van der Waals surface area contributed by atoms with Gasteiger partial charge in [-0.1, -0.05) is 34.6 Å². The third-order valence-electron chi connectivity index (χ3n) is 2.90. The monoisotopic (exact) mass is 215 g/mol. The van der Waals surface area contributed by atoms with Crippen LogP contribution in [0.3, 0.4) is 0 Å². The molecule has 0 aromatic rings. The zero-order valence-electron chi connectivity index (χ0n) is 11.6. The highest BCUT2D eigenvalue weighted by atomic mass is 16.5. The fraction of sp³-hybridized carbons (Fsp3) is 1.00. The molecule has 2 atom stereocenters. The Kier molecular flexibility index (Phi) is 6.46. The van der Waals surface area contributed by atoms with Gasteiger partial charge in [-0.25, -0.2) is 0 Å². The van der Waals surface area contributed by atoms with Crippen molar-refractivity contribution in [2.45, 2.75) is 59.6 Å². The van der Waals surface area contributed by atoms with Gasteiger partial charge in [-0.05, 0) is 31.2 Å². The fourth-order valence-electron chi connectivity index (χ4n) is 1.96. The van der Waals surface area contributed by atoms with Crippen molar-refractivity contribution in [2.24, 2.45) is 11.3 Å². The van der Waals surface area contributed by atoms with Crippen LogP contribution in [-0.4, -0.2) is 26.3 Å². The summed E-state index contributed by atoms with van der Waals surface area (Å²) in [5, 5.41) is 3.38. The Hall–Kier alpha value is -0.0800. The first kappa shape index (κ1) is 14.9. The quantitative estimate of drug-likeness (QED) is 0.735. The molecule has 0 aliphatic heterocycles. The van der Waals surface area contributed by atoms with Gasteiger partial charge in [-0.3, -0.25) is 0 Å². The topological polar surface area (TPSA) is 21.3 Å². The van der Waals surface area contributed by atoms with Crippen molar-refractivity contribution in [1.82, 2.24) is 5.32 Å². The number of nitrogens with one attached hydrogen (secondary N) is 1. The summed E-state index contributed by atoms with van der Waals surface area (Å²) in [5.74, 6) is 0.562. The zero-order valence-corrected chi connectivity index (χ0v) is 11.6. The predicted molar refractivity (Wildman–Crippen MR) is 67.2 cm³/mol. The summed E-state index contributed by atoms with van der Waals surface area (Å²) in [6.07, 6.45) is 2.72. The van der Waals surface area contributed by atoms with Gasteiger partial charge in [-0.2, -0.15) is 0 Å². The number of likely N-dealkylation sites (N-methyl/N-ethyl adjacent to an activating group) is 1. The molecule has 92 valence electrons. The Morgan fingerprint density at radius 1 is 1.20 bits per heavy atom. The average Bonchev–Trinajstić information content (AvgIpc) is 2.09. The summed E-state index contributed by atoms with van der Waals surface area (Å²) < 4.78 is 5.57. The molecular formula is C13H29NO. The summed E-state index contributed by atoms with van der Waals surface area (Å²) in [6.45, 7) is 11.3. The summed E-state index contributed by atoms with van der Waals surface area (Å²) in [6, 6.07) is 0.467. The van der Waals surface area contributed by atoms with Gasteiger partial charge in [0.05, 0.1) is 6.10 Å². The van der Waals surface area contributed by atoms with Gasteiger partial charge < -0.3 is 10.1 Å². The molecule has 15 heavy (non-hydrogen) atoms. The fourth-order valence-corrected chi connectivity index (χ4v) is 1.96. The second-order valence-electron chi connectivity index (χ2n) is 5.94. The summed E-state index contributed by atoms with van der Waals surface area (Å²) in [7, 11) is 3.84. The third-order valence-corrected chi connectivity index (χ3v) is 2.90. The predicted octanol–water partition coefficient (Wildman–Crippen LogP) is 3.07. The molecule has 0 saturated carbocycles. The Labute approximate surface area is 95.8 Å². The molecule has 0 radical (unpaired) electrons. The molecule has 0 aliphatic carbocycles. The van der Waals surface area contributed by atoms with Crippen molar-refractivity contribution < 1.29 is 4.74 Å². The average molecular weight is 215 g/mol. The lowest BCUT2D eigenvalue weighted by Gasteiger charge is -2.31. The van der Waals surface area contributed by atoms with Crippen LogP contribution in [0.4, 0.5) is 0 Å². The molecule has 0 spiro atoms. The summed E-state index contributed by atoms with van der Waals surface area (Å²) >= 11 is 0. The Bertz CT molecular complexity index is 160. The molecule has 2 unspecified atom stereocenters. The second kappa shape index (κ2) is 6.49. The normalized spacial score (nSPS) is 16.8. The van der Waals surface area contributed by atoms with Crippen LogP contribution in [0, 0.1) is 11.3 Å². The first-order valence-corrected chi connectivity index (χ1v) is 6.02. The molecule has 0 saturated heterocycles. The van der Waals surface area contributed by atoms with Crippen molar-refractivity contribution in [3.63, 3.8) is 0 Å². The molecule has 2 heteroatoms. The maximum atomic E-state index is 5.57. The molecule has 0 fully saturated rings. The van der Waals surface area contributed by atoms with Crippen molar-refractivity contribution in [3.8, 4) is 0 Å². The van der Waals surface area contributed by atoms with Crippen molar-refractivity contribution in [2.75, 3.05) is 14.2 Å². The minimum absolute atomic E-state index is 0.317. The van der Waals surface area contributed by atoms with E-state index in [2.05, 4.69) is 39.9 Å². The van der Waals surface area contributed by atoms with Gasteiger partial charge in [0.25, 0.3) is 0 Å². The van der Waals surface area contributed by atoms with E-state index in [1.54, 1.807) is 0 Å². The molecule has 0 aromatic heterocycles. The van der Waals surface area contributed by atoms with Gasteiger partial charge in [0.15, 0.2) is 0 Å². The van der Waals surface area contributed by atoms with E-state index >= 15 is 0 Å². The van der Waals surface area contributed by atoms with E-state index in [0.29, 0.717) is 23.5 Å². The maximum Gasteiger partial charge on any atom is 0.0746 e. The summed E-state index contributed by atoms with van der Waals surface area (Å²) in [4.78, 5) is 0. The Balaban J connectivity index is 4.22. The number of ether oxygens (including phenoxy) is 1. The first-order chi connectivity index (χ1) is 6.81. The van der Waals surface area contributed by atoms with Crippen molar-refractivity contribution >= 4 is 0 Å². The maximum absolute atomic E-state index is 5.57. The molecule has 0 amide bonds. The van der Waals surface area contributed by atoms with E-state index in [0.717, 1.165) is 0 Å². The lowest BCUT2D eigenvalue weighted by molar-refractivity contribution is 0.0298. The molecule has 0 aromatic carbocycles. The number of hydrogen-bond donors (Lipinski definition) is 1. The van der Waals surface area contributed by atoms with Crippen LogP contribution in [0.2, 0.25) is 0 Å². The lowest BCUT2D eigenvalue weighted by atomic mass is 9.86. The first-order valence-electron chi connectivity index (χ1n) is 6.02. The van der Waals surface area contributed by atoms with E-state index in [4.69, 9.17) is 4.74 Å². The number of rotatable bonds is 6. The molecule has 0 rings (SSSR count). The van der Waals surface area contributed by atoms with Crippen molar-refractivity contribution in [3.05, 3.63) is 0 Å². The minimum atomic E-state index is 0.317. The van der Waals surface area contributed by atoms with Crippen LogP contribution >= 0.6 is 0 Å². The second-order valence-corrected chi connectivity index (χ2v) is 5.94. The molecule has 2 nitrogen and oxygen atoms in total. The van der Waals surface area contributed by atoms with E-state index < -0.39 is 0 Å². The van der Waals surface area contributed by atoms with Gasteiger partial charge in [0.2, 0.25) is 0 Å². The standard InChI is InChI=1S/C13H29NO/c1-10(2)12(15-7)11(14-6)8-9-13(3,4)5/h10-12,14H,8-9H2,1-7H3. The zero-order chi connectivity index (χ0) is 12.1. The number of methoxy groups -OCH3 is 1. The van der Waals surface area contributed by atoms with Crippen LogP contribution < -0.4 is 5.32 Å². The molecule has 0 bridgehead atoms. The van der Waals surface area contributed by atoms with Crippen LogP contribution in [0.5, 0.6) is 0 Å². The SMILES string of the molecule is CNC(CCC(C)(C)C)C(OC)C(C)C.